The minimum atomic E-state index is -3.13. The summed E-state index contributed by atoms with van der Waals surface area (Å²) in [4.78, 5) is 17.9. The van der Waals surface area contributed by atoms with Crippen LogP contribution in [0.5, 0.6) is 0 Å². The van der Waals surface area contributed by atoms with Gasteiger partial charge in [0.25, 0.3) is 5.92 Å². The van der Waals surface area contributed by atoms with Crippen molar-refractivity contribution >= 4 is 17.5 Å². The Morgan fingerprint density at radius 3 is 2.26 bits per heavy atom. The number of aliphatic hydroxyl groups excluding tert-OH is 5. The number of hydrogen-bond donors (Lipinski definition) is 7. The number of piperidine rings is 1. The third-order valence-electron chi connectivity index (χ3n) is 11.2. The van der Waals surface area contributed by atoms with Crippen molar-refractivity contribution in [2.45, 2.75) is 111 Å². The normalized spacial score (nSPS) is 34.3. The summed E-state index contributed by atoms with van der Waals surface area (Å²) in [5.41, 5.74) is -1.71. The quantitative estimate of drug-likeness (QED) is 0.0921. The minimum Gasteiger partial charge on any atom is -0.394 e. The summed E-state index contributed by atoms with van der Waals surface area (Å²) < 4.78 is 50.5. The molecule has 4 heterocycles. The Morgan fingerprint density at radius 1 is 0.979 bits per heavy atom. The fraction of sp³-hybridized carbons (Fsp3) is 0.968. The van der Waals surface area contributed by atoms with Crippen LogP contribution in [0.1, 0.15) is 51.4 Å². The standard InChI is InChI=1S/C31H53ClF3N5O7/c32-21-12-36-29(37-13-21)38-7-5-19(6-8-38)2-1-9-47-22-4-3-20(23(33)11-22)10-26(44)39-16-30(17-39)31(34,35)18-40(30)14-24(42)27(45)28(46)25(43)15-41/h19-25,27-29,36-37,41-43,45-46H,1-18H2/t20?,21?,22?,23?,24-,25+,27+,28+,29?/m0/s1. The van der Waals surface area contributed by atoms with E-state index in [1.54, 1.807) is 0 Å². The number of amides is 1. The van der Waals surface area contributed by atoms with Gasteiger partial charge in [0.15, 0.2) is 0 Å². The van der Waals surface area contributed by atoms with Gasteiger partial charge in [-0.2, -0.15) is 0 Å². The van der Waals surface area contributed by atoms with Crippen molar-refractivity contribution in [2.24, 2.45) is 11.8 Å². The number of likely N-dealkylation sites (tertiary alicyclic amines) is 3. The second-order valence-corrected chi connectivity index (χ2v) is 15.0. The largest absolute Gasteiger partial charge is 0.394 e. The lowest BCUT2D eigenvalue weighted by atomic mass is 9.72. The van der Waals surface area contributed by atoms with Crippen LogP contribution in [0.25, 0.3) is 0 Å². The molecule has 5 fully saturated rings. The molecule has 1 spiro atoms. The maximum Gasteiger partial charge on any atom is 0.281 e. The molecular formula is C31H53ClF3N5O7. The molecule has 47 heavy (non-hydrogen) atoms. The average Bonchev–Trinajstić information content (AvgIpc) is 3.02. The Labute approximate surface area is 279 Å². The third kappa shape index (κ3) is 8.55. The van der Waals surface area contributed by atoms with Gasteiger partial charge < -0.3 is 35.2 Å². The summed E-state index contributed by atoms with van der Waals surface area (Å²) in [5, 5.41) is 55.7. The van der Waals surface area contributed by atoms with Gasteiger partial charge in [-0.25, -0.2) is 13.2 Å². The van der Waals surface area contributed by atoms with Crippen molar-refractivity contribution in [1.82, 2.24) is 25.3 Å². The van der Waals surface area contributed by atoms with E-state index in [1.165, 1.54) is 9.80 Å². The van der Waals surface area contributed by atoms with Gasteiger partial charge in [0.1, 0.15) is 36.3 Å². The van der Waals surface area contributed by atoms with Gasteiger partial charge in [-0.1, -0.05) is 0 Å². The van der Waals surface area contributed by atoms with Crippen molar-refractivity contribution in [3.05, 3.63) is 0 Å². The van der Waals surface area contributed by atoms with E-state index < -0.39 is 73.6 Å². The number of β-amino-alcohol motifs (C(OH)–C–C–N with tert-alkyl or cyclic N) is 1. The summed E-state index contributed by atoms with van der Waals surface area (Å²) >= 11 is 6.15. The van der Waals surface area contributed by atoms with Crippen LogP contribution in [-0.2, 0) is 9.53 Å². The summed E-state index contributed by atoms with van der Waals surface area (Å²) in [6, 6.07) is 0. The average molecular weight is 700 g/mol. The molecular weight excluding hydrogens is 647 g/mol. The van der Waals surface area contributed by atoms with E-state index in [9.17, 15) is 34.0 Å². The molecule has 0 aromatic heterocycles. The Bertz CT molecular complexity index is 1020. The zero-order valence-electron chi connectivity index (χ0n) is 26.9. The highest BCUT2D eigenvalue weighted by Gasteiger charge is 2.72. The Morgan fingerprint density at radius 2 is 1.64 bits per heavy atom. The monoisotopic (exact) mass is 699 g/mol. The van der Waals surface area contributed by atoms with Gasteiger partial charge >= 0.3 is 0 Å². The molecule has 0 aromatic rings. The van der Waals surface area contributed by atoms with Crippen molar-refractivity contribution in [3.63, 3.8) is 0 Å². The number of hydrogen-bond acceptors (Lipinski definition) is 11. The first kappa shape index (κ1) is 37.4. The van der Waals surface area contributed by atoms with Crippen LogP contribution in [0, 0.1) is 11.8 Å². The van der Waals surface area contributed by atoms with Crippen LogP contribution in [0.4, 0.5) is 13.2 Å². The van der Waals surface area contributed by atoms with Gasteiger partial charge in [0.2, 0.25) is 5.91 Å². The van der Waals surface area contributed by atoms with Gasteiger partial charge in [0.05, 0.1) is 30.7 Å². The maximum absolute atomic E-state index is 15.1. The van der Waals surface area contributed by atoms with E-state index in [-0.39, 0.29) is 43.7 Å². The molecule has 7 N–H and O–H groups in total. The van der Waals surface area contributed by atoms with Gasteiger partial charge in [-0.05, 0) is 50.4 Å². The molecule has 1 saturated carbocycles. The van der Waals surface area contributed by atoms with Gasteiger partial charge in [0, 0.05) is 65.3 Å². The summed E-state index contributed by atoms with van der Waals surface area (Å²) in [6.07, 6.45) is -2.78. The smallest absolute Gasteiger partial charge is 0.281 e. The number of nitrogens with one attached hydrogen (secondary N) is 2. The highest BCUT2D eigenvalue weighted by molar-refractivity contribution is 6.21. The molecule has 3 unspecified atom stereocenters. The number of alkyl halides is 4. The molecule has 0 bridgehead atoms. The predicted molar refractivity (Wildman–Crippen MR) is 167 cm³/mol. The Kier molecular flexibility index (Phi) is 12.7. The van der Waals surface area contributed by atoms with Gasteiger partial charge in [-0.3, -0.25) is 25.2 Å². The molecule has 7 atom stereocenters. The molecule has 1 aliphatic carbocycles. The number of nitrogens with zero attached hydrogens (tertiary/aromatic N) is 3. The summed E-state index contributed by atoms with van der Waals surface area (Å²) in [5.74, 6) is -3.37. The summed E-state index contributed by atoms with van der Waals surface area (Å²) in [7, 11) is 0. The lowest BCUT2D eigenvalue weighted by Gasteiger charge is -2.66. The minimum absolute atomic E-state index is 0.0703. The fourth-order valence-electron chi connectivity index (χ4n) is 7.89. The van der Waals surface area contributed by atoms with E-state index >= 15 is 4.39 Å². The number of ether oxygens (including phenoxy) is 1. The Hall–Kier alpha value is -0.850. The molecule has 1 amide bonds. The van der Waals surface area contributed by atoms with Crippen molar-refractivity contribution in [1.29, 1.82) is 0 Å². The molecule has 0 radical (unpaired) electrons. The zero-order chi connectivity index (χ0) is 33.9. The molecule has 0 aromatic carbocycles. The molecule has 5 aliphatic rings. The van der Waals surface area contributed by atoms with Crippen molar-refractivity contribution in [3.8, 4) is 0 Å². The number of halogens is 4. The first-order valence-corrected chi connectivity index (χ1v) is 17.6. The lowest BCUT2D eigenvalue weighted by Crippen LogP contribution is -2.88. The van der Waals surface area contributed by atoms with Crippen molar-refractivity contribution < 1.29 is 48.2 Å². The Balaban J connectivity index is 0.965. The van der Waals surface area contributed by atoms with Crippen LogP contribution >= 0.6 is 11.6 Å². The van der Waals surface area contributed by atoms with E-state index in [1.807, 2.05) is 0 Å². The zero-order valence-corrected chi connectivity index (χ0v) is 27.7. The van der Waals surface area contributed by atoms with E-state index in [0.717, 1.165) is 51.9 Å². The number of carbonyl (C=O) groups is 1. The molecule has 4 saturated heterocycles. The fourth-order valence-corrected chi connectivity index (χ4v) is 8.07. The lowest BCUT2D eigenvalue weighted by molar-refractivity contribution is -0.294. The number of carbonyl (C=O) groups excluding carboxylic acids is 1. The van der Waals surface area contributed by atoms with Gasteiger partial charge in [-0.15, -0.1) is 11.6 Å². The maximum atomic E-state index is 15.1. The molecule has 16 heteroatoms. The van der Waals surface area contributed by atoms with Crippen molar-refractivity contribution in [2.75, 3.05) is 65.6 Å². The van der Waals surface area contributed by atoms with E-state index in [2.05, 4.69) is 15.5 Å². The number of aliphatic hydroxyl groups is 5. The van der Waals surface area contributed by atoms with E-state index in [0.29, 0.717) is 25.4 Å². The van der Waals surface area contributed by atoms with Crippen LogP contribution in [0.2, 0.25) is 0 Å². The van der Waals surface area contributed by atoms with Crippen LogP contribution < -0.4 is 10.6 Å². The second-order valence-electron chi connectivity index (χ2n) is 14.4. The molecule has 12 nitrogen and oxygen atoms in total. The highest BCUT2D eigenvalue weighted by atomic mass is 35.5. The van der Waals surface area contributed by atoms with Crippen LogP contribution in [0.3, 0.4) is 0 Å². The highest BCUT2D eigenvalue weighted by Crippen LogP contribution is 2.50. The summed E-state index contributed by atoms with van der Waals surface area (Å²) in [6.45, 7) is 1.71. The SMILES string of the molecule is O=C(CC1CCC(OCCCC2CCN(C3NCC(Cl)CN3)CC2)CC1F)N1CC2(C1)N(C[C@H](O)[C@@H](O)[C@H](O)[C@H](O)CO)CC2(F)F. The topological polar surface area (TPSA) is 161 Å². The number of rotatable bonds is 14. The molecule has 272 valence electrons. The van der Waals surface area contributed by atoms with E-state index in [4.69, 9.17) is 21.4 Å². The second kappa shape index (κ2) is 16.0. The third-order valence-corrected chi connectivity index (χ3v) is 11.5. The van der Waals surface area contributed by atoms with Crippen LogP contribution in [-0.4, -0.2) is 172 Å². The molecule has 4 aliphatic heterocycles. The first-order chi connectivity index (χ1) is 22.3. The molecule has 5 rings (SSSR count). The first-order valence-electron chi connectivity index (χ1n) is 17.2. The van der Waals surface area contributed by atoms with Crippen LogP contribution in [0.15, 0.2) is 0 Å². The predicted octanol–water partition coefficient (Wildman–Crippen LogP) is -0.556.